The standard InChI is InChI=1S/C12H15N5OS/c1-17(12(18)10-4-5-13-14-10)7-8-2-3-9-11(6-8)16-19-15-9/h2-3,6,10,13-14H,4-5,7H2,1H3. The van der Waals surface area contributed by atoms with Gasteiger partial charge in [0.15, 0.2) is 0 Å². The smallest absolute Gasteiger partial charge is 0.241 e. The second kappa shape index (κ2) is 5.20. The van der Waals surface area contributed by atoms with E-state index >= 15 is 0 Å². The van der Waals surface area contributed by atoms with E-state index in [9.17, 15) is 4.79 Å². The molecule has 1 aromatic heterocycles. The summed E-state index contributed by atoms with van der Waals surface area (Å²) in [6.45, 7) is 1.42. The van der Waals surface area contributed by atoms with Crippen molar-refractivity contribution in [1.82, 2.24) is 24.5 Å². The number of rotatable bonds is 3. The number of aromatic nitrogens is 2. The highest BCUT2D eigenvalue weighted by Gasteiger charge is 2.24. The van der Waals surface area contributed by atoms with E-state index in [1.165, 1.54) is 11.7 Å². The number of nitrogens with one attached hydrogen (secondary N) is 2. The molecule has 0 radical (unpaired) electrons. The van der Waals surface area contributed by atoms with Gasteiger partial charge in [0.1, 0.15) is 17.1 Å². The maximum absolute atomic E-state index is 12.2. The number of benzene rings is 1. The van der Waals surface area contributed by atoms with Crippen molar-refractivity contribution < 1.29 is 4.79 Å². The van der Waals surface area contributed by atoms with Crippen molar-refractivity contribution in [2.75, 3.05) is 13.6 Å². The number of likely N-dealkylation sites (N-methyl/N-ethyl adjacent to an activating group) is 1. The first-order valence-corrected chi connectivity index (χ1v) is 6.91. The van der Waals surface area contributed by atoms with Crippen molar-refractivity contribution in [3.63, 3.8) is 0 Å². The number of amides is 1. The molecule has 0 aliphatic carbocycles. The number of fused-ring (bicyclic) bond motifs is 1. The van der Waals surface area contributed by atoms with Gasteiger partial charge in [-0.25, -0.2) is 5.43 Å². The van der Waals surface area contributed by atoms with Crippen molar-refractivity contribution in [3.05, 3.63) is 23.8 Å². The third-order valence-corrected chi connectivity index (χ3v) is 3.80. The van der Waals surface area contributed by atoms with E-state index in [4.69, 9.17) is 0 Å². The zero-order valence-electron chi connectivity index (χ0n) is 10.6. The Kier molecular flexibility index (Phi) is 3.41. The van der Waals surface area contributed by atoms with Crippen LogP contribution in [-0.2, 0) is 11.3 Å². The van der Waals surface area contributed by atoms with Crippen LogP contribution in [0.25, 0.3) is 11.0 Å². The van der Waals surface area contributed by atoms with Gasteiger partial charge in [-0.05, 0) is 24.1 Å². The normalized spacial score (nSPS) is 18.9. The summed E-state index contributed by atoms with van der Waals surface area (Å²) in [5.74, 6) is 0.112. The molecule has 1 fully saturated rings. The van der Waals surface area contributed by atoms with E-state index in [2.05, 4.69) is 19.6 Å². The molecule has 0 spiro atoms. The van der Waals surface area contributed by atoms with E-state index in [0.29, 0.717) is 6.54 Å². The largest absolute Gasteiger partial charge is 0.340 e. The minimum atomic E-state index is -0.116. The molecule has 2 heterocycles. The van der Waals surface area contributed by atoms with Gasteiger partial charge >= 0.3 is 0 Å². The van der Waals surface area contributed by atoms with Crippen LogP contribution in [0.4, 0.5) is 0 Å². The van der Waals surface area contributed by atoms with Gasteiger partial charge in [-0.3, -0.25) is 10.2 Å². The predicted molar refractivity (Wildman–Crippen MR) is 73.4 cm³/mol. The van der Waals surface area contributed by atoms with Crippen LogP contribution in [0.15, 0.2) is 18.2 Å². The van der Waals surface area contributed by atoms with Gasteiger partial charge in [0.05, 0.1) is 11.7 Å². The first-order chi connectivity index (χ1) is 9.24. The van der Waals surface area contributed by atoms with Crippen molar-refractivity contribution >= 4 is 28.7 Å². The number of nitrogens with zero attached hydrogens (tertiary/aromatic N) is 3. The second-order valence-electron chi connectivity index (χ2n) is 4.69. The summed E-state index contributed by atoms with van der Waals surface area (Å²) in [4.78, 5) is 13.9. The lowest BCUT2D eigenvalue weighted by Gasteiger charge is -2.20. The number of hydrogen-bond acceptors (Lipinski definition) is 6. The molecule has 1 unspecified atom stereocenters. The molecule has 0 bridgehead atoms. The first-order valence-electron chi connectivity index (χ1n) is 6.18. The van der Waals surface area contributed by atoms with E-state index in [0.717, 1.165) is 29.6 Å². The monoisotopic (exact) mass is 277 g/mol. The minimum absolute atomic E-state index is 0.112. The van der Waals surface area contributed by atoms with Gasteiger partial charge < -0.3 is 4.90 Å². The average Bonchev–Trinajstić information content (AvgIpc) is 3.08. The Labute approximate surface area is 115 Å². The molecule has 7 heteroatoms. The summed E-state index contributed by atoms with van der Waals surface area (Å²) in [5.41, 5.74) is 8.84. The lowest BCUT2D eigenvalue weighted by molar-refractivity contribution is -0.132. The van der Waals surface area contributed by atoms with Gasteiger partial charge in [-0.15, -0.1) is 0 Å². The fourth-order valence-electron chi connectivity index (χ4n) is 2.21. The first kappa shape index (κ1) is 12.5. The topological polar surface area (TPSA) is 70.2 Å². The SMILES string of the molecule is CN(Cc1ccc2nsnc2c1)C(=O)C1CCNN1. The summed E-state index contributed by atoms with van der Waals surface area (Å²) in [5, 5.41) is 0. The molecule has 1 amide bonds. The maximum atomic E-state index is 12.2. The Balaban J connectivity index is 1.70. The molecule has 1 aliphatic rings. The van der Waals surface area contributed by atoms with Crippen LogP contribution < -0.4 is 10.9 Å². The lowest BCUT2D eigenvalue weighted by atomic mass is 10.1. The molecular weight excluding hydrogens is 262 g/mol. The molecule has 1 aliphatic heterocycles. The zero-order valence-corrected chi connectivity index (χ0v) is 11.4. The van der Waals surface area contributed by atoms with Crippen LogP contribution in [0.5, 0.6) is 0 Å². The van der Waals surface area contributed by atoms with Gasteiger partial charge in [-0.1, -0.05) is 6.07 Å². The Hall–Kier alpha value is -1.57. The average molecular weight is 277 g/mol. The summed E-state index contributed by atoms with van der Waals surface area (Å²) in [6.07, 6.45) is 0.832. The van der Waals surface area contributed by atoms with Crippen LogP contribution in [0.1, 0.15) is 12.0 Å². The predicted octanol–water partition coefficient (Wildman–Crippen LogP) is 0.516. The van der Waals surface area contributed by atoms with Crippen molar-refractivity contribution in [2.45, 2.75) is 19.0 Å². The van der Waals surface area contributed by atoms with Crippen LogP contribution in [0, 0.1) is 0 Å². The fraction of sp³-hybridized carbons (Fsp3) is 0.417. The molecule has 1 aromatic carbocycles. The van der Waals surface area contributed by atoms with E-state index in [1.54, 1.807) is 4.90 Å². The summed E-state index contributed by atoms with van der Waals surface area (Å²) in [7, 11) is 1.83. The zero-order chi connectivity index (χ0) is 13.2. The van der Waals surface area contributed by atoms with Crippen molar-refractivity contribution in [1.29, 1.82) is 0 Å². The molecule has 19 heavy (non-hydrogen) atoms. The van der Waals surface area contributed by atoms with E-state index < -0.39 is 0 Å². The van der Waals surface area contributed by atoms with Crippen molar-refractivity contribution in [3.8, 4) is 0 Å². The Bertz CT molecular complexity index is 593. The third kappa shape index (κ3) is 2.58. The molecule has 0 saturated carbocycles. The molecule has 1 atom stereocenters. The molecule has 2 aromatic rings. The van der Waals surface area contributed by atoms with Gasteiger partial charge in [0, 0.05) is 20.1 Å². The number of carbonyl (C=O) groups is 1. The summed E-state index contributed by atoms with van der Waals surface area (Å²) >= 11 is 1.21. The van der Waals surface area contributed by atoms with Gasteiger partial charge in [0.2, 0.25) is 5.91 Å². The molecule has 100 valence electrons. The summed E-state index contributed by atoms with van der Waals surface area (Å²) in [6, 6.07) is 5.81. The highest BCUT2D eigenvalue weighted by molar-refractivity contribution is 7.00. The number of hydrazine groups is 1. The van der Waals surface area contributed by atoms with Crippen LogP contribution in [0.3, 0.4) is 0 Å². The molecule has 2 N–H and O–H groups in total. The fourth-order valence-corrected chi connectivity index (χ4v) is 2.73. The third-order valence-electron chi connectivity index (χ3n) is 3.25. The molecule has 1 saturated heterocycles. The van der Waals surface area contributed by atoms with Crippen LogP contribution in [0.2, 0.25) is 0 Å². The van der Waals surface area contributed by atoms with Gasteiger partial charge in [-0.2, -0.15) is 8.75 Å². The Morgan fingerprint density at radius 3 is 3.11 bits per heavy atom. The molecular formula is C12H15N5OS. The molecule has 6 nitrogen and oxygen atoms in total. The van der Waals surface area contributed by atoms with Crippen LogP contribution in [-0.4, -0.2) is 39.2 Å². The highest BCUT2D eigenvalue weighted by atomic mass is 32.1. The van der Waals surface area contributed by atoms with Crippen LogP contribution >= 0.6 is 11.7 Å². The van der Waals surface area contributed by atoms with Crippen molar-refractivity contribution in [2.24, 2.45) is 0 Å². The van der Waals surface area contributed by atoms with Gasteiger partial charge in [0.25, 0.3) is 0 Å². The Morgan fingerprint density at radius 2 is 2.32 bits per heavy atom. The number of carbonyl (C=O) groups excluding carboxylic acids is 1. The molecule has 3 rings (SSSR count). The Morgan fingerprint density at radius 1 is 1.47 bits per heavy atom. The summed E-state index contributed by atoms with van der Waals surface area (Å²) < 4.78 is 8.38. The van der Waals surface area contributed by atoms with E-state index in [1.807, 2.05) is 25.2 Å². The second-order valence-corrected chi connectivity index (χ2v) is 5.22. The minimum Gasteiger partial charge on any atom is -0.340 e. The quantitative estimate of drug-likeness (QED) is 0.856. The lowest BCUT2D eigenvalue weighted by Crippen LogP contribution is -2.43. The highest BCUT2D eigenvalue weighted by Crippen LogP contribution is 2.15. The maximum Gasteiger partial charge on any atom is 0.241 e. The van der Waals surface area contributed by atoms with E-state index in [-0.39, 0.29) is 11.9 Å². The number of hydrogen-bond donors (Lipinski definition) is 2.